The highest BCUT2D eigenvalue weighted by atomic mass is 19.1. The van der Waals surface area contributed by atoms with E-state index in [-0.39, 0.29) is 22.9 Å². The fourth-order valence-corrected chi connectivity index (χ4v) is 4.64. The number of nitrogens with zero attached hydrogens (tertiary/aromatic N) is 8. The summed E-state index contributed by atoms with van der Waals surface area (Å²) in [5.74, 6) is -0.103. The molecule has 0 aliphatic carbocycles. The summed E-state index contributed by atoms with van der Waals surface area (Å²) in [6, 6.07) is 5.55. The molecule has 1 fully saturated rings. The molecular weight excluding hydrogens is 463 g/mol. The van der Waals surface area contributed by atoms with Crippen molar-refractivity contribution < 1.29 is 14.0 Å². The van der Waals surface area contributed by atoms with Gasteiger partial charge in [0, 0.05) is 64.9 Å². The van der Waals surface area contributed by atoms with Crippen molar-refractivity contribution in [3.63, 3.8) is 0 Å². The molecule has 184 valence electrons. The van der Waals surface area contributed by atoms with Crippen molar-refractivity contribution in [3.8, 4) is 17.3 Å². The number of carbonyl (C=O) groups excluding carboxylic acids is 2. The molecule has 0 atom stereocenters. The molecule has 2 aliphatic rings. The minimum atomic E-state index is -0.548. The molecule has 11 heteroatoms. The molecule has 4 heterocycles. The Kier molecular flexibility index (Phi) is 6.10. The number of halogens is 1. The molecule has 2 aromatic heterocycles. The summed E-state index contributed by atoms with van der Waals surface area (Å²) in [6.45, 7) is 4.47. The number of aryl methyl sites for hydroxylation is 1. The molecule has 1 saturated heterocycles. The normalized spacial score (nSPS) is 15.4. The van der Waals surface area contributed by atoms with Crippen LogP contribution in [0.5, 0.6) is 0 Å². The van der Waals surface area contributed by atoms with Crippen LogP contribution >= 0.6 is 0 Å². The average Bonchev–Trinajstić information content (AvgIpc) is 3.33. The first-order valence-corrected chi connectivity index (χ1v) is 11.7. The first kappa shape index (κ1) is 23.4. The number of rotatable bonds is 3. The topological polar surface area (TPSA) is 111 Å². The van der Waals surface area contributed by atoms with E-state index in [1.165, 1.54) is 12.1 Å². The van der Waals surface area contributed by atoms with Gasteiger partial charge in [0.25, 0.3) is 5.91 Å². The van der Waals surface area contributed by atoms with Crippen molar-refractivity contribution in [3.05, 3.63) is 58.9 Å². The zero-order valence-corrected chi connectivity index (χ0v) is 20.1. The van der Waals surface area contributed by atoms with Crippen LogP contribution < -0.4 is 4.90 Å². The van der Waals surface area contributed by atoms with Crippen molar-refractivity contribution in [2.75, 3.05) is 37.6 Å². The standard InChI is InChI=1S/C25H25FN8O2/c1-16(35)34-6-5-21-22(15-34)29-23(18-13-28-31(2)14-18)24(30-21)32-7-9-33(10-8-32)25(36)20-4-3-19(26)11-17(20)12-27/h3-4,11,13-14H,5-10,15H2,1-2H3. The third-order valence-electron chi connectivity index (χ3n) is 6.61. The van der Waals surface area contributed by atoms with Gasteiger partial charge in [-0.2, -0.15) is 10.4 Å². The Hall–Kier alpha value is -4.33. The van der Waals surface area contributed by atoms with Crippen LogP contribution in [0.25, 0.3) is 11.3 Å². The third kappa shape index (κ3) is 4.37. The summed E-state index contributed by atoms with van der Waals surface area (Å²) in [5.41, 5.74) is 3.41. The summed E-state index contributed by atoms with van der Waals surface area (Å²) in [4.78, 5) is 40.4. The molecule has 3 aromatic rings. The summed E-state index contributed by atoms with van der Waals surface area (Å²) < 4.78 is 15.2. The molecule has 0 radical (unpaired) electrons. The van der Waals surface area contributed by atoms with Gasteiger partial charge in [-0.05, 0) is 18.2 Å². The van der Waals surface area contributed by atoms with E-state index < -0.39 is 5.82 Å². The van der Waals surface area contributed by atoms with E-state index in [2.05, 4.69) is 10.00 Å². The van der Waals surface area contributed by atoms with Crippen LogP contribution in [0.1, 0.15) is 34.2 Å². The maximum Gasteiger partial charge on any atom is 0.255 e. The van der Waals surface area contributed by atoms with Gasteiger partial charge in [-0.25, -0.2) is 14.4 Å². The fourth-order valence-electron chi connectivity index (χ4n) is 4.64. The summed E-state index contributed by atoms with van der Waals surface area (Å²) >= 11 is 0. The van der Waals surface area contributed by atoms with Gasteiger partial charge in [-0.15, -0.1) is 0 Å². The summed E-state index contributed by atoms with van der Waals surface area (Å²) in [6.07, 6.45) is 4.24. The molecule has 0 unspecified atom stereocenters. The molecule has 5 rings (SSSR count). The maximum absolute atomic E-state index is 13.5. The molecule has 0 bridgehead atoms. The van der Waals surface area contributed by atoms with Gasteiger partial charge in [0.2, 0.25) is 5.91 Å². The molecule has 10 nitrogen and oxygen atoms in total. The van der Waals surface area contributed by atoms with E-state index in [0.717, 1.165) is 28.8 Å². The molecule has 36 heavy (non-hydrogen) atoms. The molecule has 2 amide bonds. The SMILES string of the molecule is CC(=O)N1CCc2nc(N3CCN(C(=O)c4ccc(F)cc4C#N)CC3)c(-c3cnn(C)c3)nc2C1. The van der Waals surface area contributed by atoms with E-state index in [1.54, 1.807) is 27.6 Å². The molecule has 0 saturated carbocycles. The fraction of sp³-hybridized carbons (Fsp3) is 0.360. The zero-order chi connectivity index (χ0) is 25.4. The highest BCUT2D eigenvalue weighted by molar-refractivity contribution is 5.96. The molecule has 0 N–H and O–H groups in total. The first-order valence-electron chi connectivity index (χ1n) is 11.7. The number of benzene rings is 1. The Morgan fingerprint density at radius 2 is 1.83 bits per heavy atom. The number of fused-ring (bicyclic) bond motifs is 1. The van der Waals surface area contributed by atoms with Crippen LogP contribution in [0.2, 0.25) is 0 Å². The lowest BCUT2D eigenvalue weighted by Crippen LogP contribution is -2.49. The number of aromatic nitrogens is 4. The third-order valence-corrected chi connectivity index (χ3v) is 6.61. The van der Waals surface area contributed by atoms with Gasteiger partial charge in [-0.1, -0.05) is 0 Å². The molecular formula is C25H25FN8O2. The highest BCUT2D eigenvalue weighted by Crippen LogP contribution is 2.31. The quantitative estimate of drug-likeness (QED) is 0.552. The van der Waals surface area contributed by atoms with E-state index >= 15 is 0 Å². The number of anilines is 1. The van der Waals surface area contributed by atoms with Gasteiger partial charge >= 0.3 is 0 Å². The number of nitriles is 1. The highest BCUT2D eigenvalue weighted by Gasteiger charge is 2.29. The largest absolute Gasteiger partial charge is 0.351 e. The second kappa shape index (κ2) is 9.37. The second-order valence-corrected chi connectivity index (χ2v) is 8.96. The van der Waals surface area contributed by atoms with E-state index in [9.17, 15) is 19.2 Å². The lowest BCUT2D eigenvalue weighted by molar-refractivity contribution is -0.129. The monoisotopic (exact) mass is 488 g/mol. The number of amides is 2. The van der Waals surface area contributed by atoms with Crippen LogP contribution in [0.4, 0.5) is 10.2 Å². The van der Waals surface area contributed by atoms with E-state index in [0.29, 0.717) is 51.4 Å². The Labute approximate surface area is 207 Å². The number of piperazine rings is 1. The zero-order valence-electron chi connectivity index (χ0n) is 20.1. The first-order chi connectivity index (χ1) is 17.3. The van der Waals surface area contributed by atoms with Crippen LogP contribution in [0, 0.1) is 17.1 Å². The van der Waals surface area contributed by atoms with Crippen molar-refractivity contribution in [2.45, 2.75) is 19.9 Å². The van der Waals surface area contributed by atoms with Gasteiger partial charge in [0.1, 0.15) is 17.6 Å². The Balaban J connectivity index is 1.41. The molecule has 2 aliphatic heterocycles. The van der Waals surface area contributed by atoms with Crippen LogP contribution in [-0.4, -0.2) is 74.1 Å². The minimum absolute atomic E-state index is 0.0101. The molecule has 0 spiro atoms. The van der Waals surface area contributed by atoms with E-state index in [1.807, 2.05) is 19.3 Å². The maximum atomic E-state index is 13.5. The van der Waals surface area contributed by atoms with Crippen molar-refractivity contribution in [1.29, 1.82) is 5.26 Å². The predicted octanol–water partition coefficient (Wildman–Crippen LogP) is 1.75. The van der Waals surface area contributed by atoms with E-state index in [4.69, 9.17) is 9.97 Å². The summed E-state index contributed by atoms with van der Waals surface area (Å²) in [5, 5.41) is 13.6. The number of hydrogen-bond donors (Lipinski definition) is 0. The Morgan fingerprint density at radius 3 is 2.50 bits per heavy atom. The second-order valence-electron chi connectivity index (χ2n) is 8.96. The number of carbonyl (C=O) groups is 2. The smallest absolute Gasteiger partial charge is 0.255 e. The van der Waals surface area contributed by atoms with Gasteiger partial charge in [0.05, 0.1) is 35.3 Å². The van der Waals surface area contributed by atoms with Crippen LogP contribution in [0.15, 0.2) is 30.6 Å². The predicted molar refractivity (Wildman–Crippen MR) is 128 cm³/mol. The summed E-state index contributed by atoms with van der Waals surface area (Å²) in [7, 11) is 1.84. The van der Waals surface area contributed by atoms with Crippen molar-refractivity contribution in [1.82, 2.24) is 29.5 Å². The Morgan fingerprint density at radius 1 is 1.06 bits per heavy atom. The molecule has 1 aromatic carbocycles. The van der Waals surface area contributed by atoms with Gasteiger partial charge in [0.15, 0.2) is 5.82 Å². The lowest BCUT2D eigenvalue weighted by Gasteiger charge is -2.37. The van der Waals surface area contributed by atoms with Crippen LogP contribution in [-0.2, 0) is 24.8 Å². The average molecular weight is 489 g/mol. The van der Waals surface area contributed by atoms with Gasteiger partial charge < -0.3 is 14.7 Å². The van der Waals surface area contributed by atoms with Crippen LogP contribution in [0.3, 0.4) is 0 Å². The van der Waals surface area contributed by atoms with Gasteiger partial charge in [-0.3, -0.25) is 14.3 Å². The number of hydrogen-bond acceptors (Lipinski definition) is 7. The van der Waals surface area contributed by atoms with Crippen molar-refractivity contribution >= 4 is 17.6 Å². The minimum Gasteiger partial charge on any atom is -0.351 e. The Bertz CT molecular complexity index is 1390. The van der Waals surface area contributed by atoms with Crippen molar-refractivity contribution in [2.24, 2.45) is 7.05 Å². The lowest BCUT2D eigenvalue weighted by atomic mass is 10.1.